The zero-order chi connectivity index (χ0) is 16.1. The number of amides is 1. The van der Waals surface area contributed by atoms with Crippen LogP contribution in [0.4, 0.5) is 0 Å². The zero-order valence-corrected chi connectivity index (χ0v) is 15.5. The maximum atomic E-state index is 12.4. The molecule has 2 N–H and O–H groups in total. The summed E-state index contributed by atoms with van der Waals surface area (Å²) in [6.07, 6.45) is 0. The van der Waals surface area contributed by atoms with Crippen molar-refractivity contribution in [3.05, 3.63) is 64.1 Å². The highest BCUT2D eigenvalue weighted by Gasteiger charge is 2.19. The quantitative estimate of drug-likeness (QED) is 0.766. The topological polar surface area (TPSA) is 50.4 Å². The molecule has 1 heterocycles. The smallest absolute Gasteiger partial charge is 0.255 e. The first-order chi connectivity index (χ1) is 11.2. The average molecular weight is 412 g/mol. The summed E-state index contributed by atoms with van der Waals surface area (Å²) < 4.78 is 6.71. The average Bonchev–Trinajstić information content (AvgIpc) is 2.53. The molecule has 4 nitrogen and oxygen atoms in total. The Morgan fingerprint density at radius 3 is 2.62 bits per heavy atom. The van der Waals surface area contributed by atoms with Gasteiger partial charge in [-0.25, -0.2) is 0 Å². The molecule has 0 spiro atoms. The Balaban J connectivity index is 0.00000208. The van der Waals surface area contributed by atoms with Crippen LogP contribution >= 0.6 is 28.3 Å². The van der Waals surface area contributed by atoms with Crippen LogP contribution in [0.25, 0.3) is 0 Å². The highest BCUT2D eigenvalue weighted by Crippen LogP contribution is 2.24. The van der Waals surface area contributed by atoms with E-state index in [1.54, 1.807) is 6.07 Å². The summed E-state index contributed by atoms with van der Waals surface area (Å²) >= 11 is 3.42. The van der Waals surface area contributed by atoms with E-state index in [9.17, 15) is 4.79 Å². The predicted molar refractivity (Wildman–Crippen MR) is 101 cm³/mol. The fourth-order valence-electron chi connectivity index (χ4n) is 2.37. The van der Waals surface area contributed by atoms with Gasteiger partial charge in [0.2, 0.25) is 0 Å². The van der Waals surface area contributed by atoms with Crippen LogP contribution in [0.3, 0.4) is 0 Å². The molecule has 1 fully saturated rings. The fourth-order valence-corrected chi connectivity index (χ4v) is 2.73. The number of rotatable bonds is 6. The third kappa shape index (κ3) is 4.97. The van der Waals surface area contributed by atoms with Crippen LogP contribution in [0.1, 0.15) is 15.9 Å². The molecule has 6 heteroatoms. The summed E-state index contributed by atoms with van der Waals surface area (Å²) in [5.74, 6) is 1.03. The van der Waals surface area contributed by atoms with Crippen molar-refractivity contribution < 1.29 is 9.53 Å². The van der Waals surface area contributed by atoms with E-state index >= 15 is 0 Å². The summed E-state index contributed by atoms with van der Waals surface area (Å²) in [5.41, 5.74) is 1.63. The van der Waals surface area contributed by atoms with Crippen molar-refractivity contribution in [2.24, 2.45) is 5.92 Å². The van der Waals surface area contributed by atoms with Gasteiger partial charge < -0.3 is 15.4 Å². The number of carbonyl (C=O) groups excluding carboxylic acids is 1. The highest BCUT2D eigenvalue weighted by molar-refractivity contribution is 9.10. The van der Waals surface area contributed by atoms with E-state index < -0.39 is 0 Å². The summed E-state index contributed by atoms with van der Waals surface area (Å²) in [5, 5.41) is 6.19. The van der Waals surface area contributed by atoms with E-state index in [0.29, 0.717) is 30.4 Å². The van der Waals surface area contributed by atoms with E-state index in [0.717, 1.165) is 23.1 Å². The van der Waals surface area contributed by atoms with Gasteiger partial charge in [0.25, 0.3) is 5.91 Å². The number of nitrogens with one attached hydrogen (secondary N) is 2. The van der Waals surface area contributed by atoms with E-state index in [4.69, 9.17) is 4.74 Å². The van der Waals surface area contributed by atoms with Crippen molar-refractivity contribution in [3.63, 3.8) is 0 Å². The second-order valence-corrected chi connectivity index (χ2v) is 6.56. The Bertz CT molecular complexity index is 678. The van der Waals surface area contributed by atoms with Gasteiger partial charge in [0.05, 0.1) is 5.56 Å². The van der Waals surface area contributed by atoms with Crippen molar-refractivity contribution in [1.29, 1.82) is 0 Å². The molecule has 3 rings (SSSR count). The number of halogens is 2. The molecule has 0 radical (unpaired) electrons. The molecule has 128 valence electrons. The molecular formula is C18H20BrClN2O2. The minimum Gasteiger partial charge on any atom is -0.488 e. The lowest BCUT2D eigenvalue weighted by Gasteiger charge is -2.27. The molecule has 0 saturated carbocycles. The summed E-state index contributed by atoms with van der Waals surface area (Å²) in [6.45, 7) is 3.07. The standard InChI is InChI=1S/C18H19BrN2O2.ClH/c19-15-6-7-17(23-12-13-4-2-1-3-5-13)16(8-15)18(22)21-11-14-9-20-10-14;/h1-8,14,20H,9-12H2,(H,21,22);1H. The first-order valence-electron chi connectivity index (χ1n) is 7.67. The second-order valence-electron chi connectivity index (χ2n) is 5.65. The Hall–Kier alpha value is -1.56. The number of hydrogen-bond donors (Lipinski definition) is 2. The van der Waals surface area contributed by atoms with Gasteiger partial charge in [0.15, 0.2) is 0 Å². The van der Waals surface area contributed by atoms with Gasteiger partial charge in [-0.15, -0.1) is 12.4 Å². The van der Waals surface area contributed by atoms with E-state index in [-0.39, 0.29) is 18.3 Å². The Labute approximate surface area is 156 Å². The number of ether oxygens (including phenoxy) is 1. The van der Waals surface area contributed by atoms with Crippen molar-refractivity contribution in [1.82, 2.24) is 10.6 Å². The van der Waals surface area contributed by atoms with Crippen molar-refractivity contribution in [2.45, 2.75) is 6.61 Å². The Morgan fingerprint density at radius 1 is 1.21 bits per heavy atom. The lowest BCUT2D eigenvalue weighted by molar-refractivity contribution is 0.0937. The largest absolute Gasteiger partial charge is 0.488 e. The minimum absolute atomic E-state index is 0. The molecule has 0 aliphatic carbocycles. The van der Waals surface area contributed by atoms with Gasteiger partial charge >= 0.3 is 0 Å². The van der Waals surface area contributed by atoms with Crippen LogP contribution in [0.5, 0.6) is 5.75 Å². The third-order valence-electron chi connectivity index (χ3n) is 3.84. The van der Waals surface area contributed by atoms with Crippen LogP contribution in [-0.2, 0) is 6.61 Å². The maximum absolute atomic E-state index is 12.4. The van der Waals surface area contributed by atoms with Gasteiger partial charge in [-0.2, -0.15) is 0 Å². The van der Waals surface area contributed by atoms with Crippen LogP contribution in [-0.4, -0.2) is 25.5 Å². The molecule has 0 bridgehead atoms. The van der Waals surface area contributed by atoms with E-state index in [2.05, 4.69) is 26.6 Å². The van der Waals surface area contributed by atoms with E-state index in [1.807, 2.05) is 42.5 Å². The molecule has 2 aromatic carbocycles. The molecule has 0 atom stereocenters. The minimum atomic E-state index is -0.0961. The van der Waals surface area contributed by atoms with Gasteiger partial charge in [0, 0.05) is 30.0 Å². The molecule has 1 amide bonds. The van der Waals surface area contributed by atoms with Crippen LogP contribution in [0.15, 0.2) is 53.0 Å². The second kappa shape index (κ2) is 9.06. The number of benzene rings is 2. The van der Waals surface area contributed by atoms with Crippen molar-refractivity contribution in [2.75, 3.05) is 19.6 Å². The Kier molecular flexibility index (Phi) is 7.09. The first kappa shape index (κ1) is 18.8. The lowest BCUT2D eigenvalue weighted by Crippen LogP contribution is -2.48. The monoisotopic (exact) mass is 410 g/mol. The van der Waals surface area contributed by atoms with Crippen LogP contribution in [0.2, 0.25) is 0 Å². The van der Waals surface area contributed by atoms with E-state index in [1.165, 1.54) is 0 Å². The number of carbonyl (C=O) groups is 1. The summed E-state index contributed by atoms with van der Waals surface area (Å²) in [6, 6.07) is 15.4. The van der Waals surface area contributed by atoms with Crippen LogP contribution in [0, 0.1) is 5.92 Å². The molecule has 2 aromatic rings. The van der Waals surface area contributed by atoms with Gasteiger partial charge in [-0.1, -0.05) is 46.3 Å². The van der Waals surface area contributed by atoms with Crippen molar-refractivity contribution in [3.8, 4) is 5.75 Å². The summed E-state index contributed by atoms with van der Waals surface area (Å²) in [7, 11) is 0. The SMILES string of the molecule is Cl.O=C(NCC1CNC1)c1cc(Br)ccc1OCc1ccccc1. The highest BCUT2D eigenvalue weighted by atomic mass is 79.9. The molecule has 24 heavy (non-hydrogen) atoms. The lowest BCUT2D eigenvalue weighted by atomic mass is 10.0. The zero-order valence-electron chi connectivity index (χ0n) is 13.1. The normalized spacial score (nSPS) is 13.5. The molecule has 1 saturated heterocycles. The molecule has 0 unspecified atom stereocenters. The van der Waals surface area contributed by atoms with Crippen molar-refractivity contribution >= 4 is 34.2 Å². The first-order valence-corrected chi connectivity index (χ1v) is 8.47. The summed E-state index contributed by atoms with van der Waals surface area (Å²) in [4.78, 5) is 12.4. The van der Waals surface area contributed by atoms with Gasteiger partial charge in [-0.3, -0.25) is 4.79 Å². The van der Waals surface area contributed by atoms with Gasteiger partial charge in [0.1, 0.15) is 12.4 Å². The molecule has 0 aromatic heterocycles. The molecule has 1 aliphatic heterocycles. The number of hydrogen-bond acceptors (Lipinski definition) is 3. The Morgan fingerprint density at radius 2 is 1.96 bits per heavy atom. The molecular weight excluding hydrogens is 392 g/mol. The predicted octanol–water partition coefficient (Wildman–Crippen LogP) is 3.40. The van der Waals surface area contributed by atoms with Gasteiger partial charge in [-0.05, 0) is 23.8 Å². The third-order valence-corrected chi connectivity index (χ3v) is 4.33. The van der Waals surface area contributed by atoms with Crippen LogP contribution < -0.4 is 15.4 Å². The maximum Gasteiger partial charge on any atom is 0.255 e. The fraction of sp³-hybridized carbons (Fsp3) is 0.278. The molecule has 1 aliphatic rings.